The molecule has 0 fully saturated rings. The number of benzene rings is 2. The van der Waals surface area contributed by atoms with Gasteiger partial charge in [-0.2, -0.15) is 0 Å². The Hall–Kier alpha value is -3.91. The molecule has 2 aromatic carbocycles. The maximum atomic E-state index is 12.2. The third-order valence-corrected chi connectivity index (χ3v) is 5.37. The highest BCUT2D eigenvalue weighted by atomic mass is 16.5. The van der Waals surface area contributed by atoms with E-state index in [1.807, 2.05) is 79.2 Å². The van der Waals surface area contributed by atoms with Gasteiger partial charge >= 0.3 is 0 Å². The summed E-state index contributed by atoms with van der Waals surface area (Å²) in [6.07, 6.45) is 4.54. The Labute approximate surface area is 199 Å². The second-order valence-electron chi connectivity index (χ2n) is 9.00. The van der Waals surface area contributed by atoms with Crippen molar-refractivity contribution in [2.24, 2.45) is 5.73 Å². The fourth-order valence-electron chi connectivity index (χ4n) is 3.69. The molecular weight excluding hydrogens is 428 g/mol. The van der Waals surface area contributed by atoms with Crippen molar-refractivity contribution in [3.05, 3.63) is 67.1 Å². The van der Waals surface area contributed by atoms with Gasteiger partial charge < -0.3 is 26.1 Å². The SMILES string of the molecule is CC(C)(N)CNC(=O)CCCn1cc(-c2ccc(Oc3ccccc3)cc2)c2c(N)ncnc21. The van der Waals surface area contributed by atoms with Crippen molar-refractivity contribution in [2.45, 2.75) is 38.8 Å². The summed E-state index contributed by atoms with van der Waals surface area (Å²) in [7, 11) is 0. The molecule has 2 heterocycles. The molecule has 0 saturated heterocycles. The van der Waals surface area contributed by atoms with Gasteiger partial charge in [-0.25, -0.2) is 9.97 Å². The van der Waals surface area contributed by atoms with E-state index in [1.165, 1.54) is 6.33 Å². The number of hydrogen-bond acceptors (Lipinski definition) is 6. The van der Waals surface area contributed by atoms with Crippen LogP contribution in [0.4, 0.5) is 5.82 Å². The van der Waals surface area contributed by atoms with Crippen LogP contribution in [0, 0.1) is 0 Å². The van der Waals surface area contributed by atoms with E-state index in [2.05, 4.69) is 15.3 Å². The van der Waals surface area contributed by atoms with Gasteiger partial charge in [0.2, 0.25) is 5.91 Å². The van der Waals surface area contributed by atoms with Crippen LogP contribution >= 0.6 is 0 Å². The topological polar surface area (TPSA) is 121 Å². The zero-order valence-corrected chi connectivity index (χ0v) is 19.5. The molecule has 5 N–H and O–H groups in total. The minimum atomic E-state index is -0.433. The Morgan fingerprint density at radius 3 is 2.47 bits per heavy atom. The van der Waals surface area contributed by atoms with Crippen molar-refractivity contribution < 1.29 is 9.53 Å². The van der Waals surface area contributed by atoms with Gasteiger partial charge in [-0.3, -0.25) is 4.79 Å². The van der Waals surface area contributed by atoms with Crippen LogP contribution < -0.4 is 21.5 Å². The Bertz CT molecular complexity index is 1260. The lowest BCUT2D eigenvalue weighted by molar-refractivity contribution is -0.121. The molecule has 2 aromatic heterocycles. The van der Waals surface area contributed by atoms with Crippen LogP contribution in [-0.2, 0) is 11.3 Å². The number of nitrogens with one attached hydrogen (secondary N) is 1. The molecule has 34 heavy (non-hydrogen) atoms. The summed E-state index contributed by atoms with van der Waals surface area (Å²) in [6.45, 7) is 4.83. The Kier molecular flexibility index (Phi) is 6.79. The fourth-order valence-corrected chi connectivity index (χ4v) is 3.69. The third-order valence-electron chi connectivity index (χ3n) is 5.37. The lowest BCUT2D eigenvalue weighted by Crippen LogP contribution is -2.45. The fraction of sp³-hybridized carbons (Fsp3) is 0.269. The number of aryl methyl sites for hydroxylation is 1. The number of ether oxygens (including phenoxy) is 1. The number of fused-ring (bicyclic) bond motifs is 1. The van der Waals surface area contributed by atoms with E-state index in [0.29, 0.717) is 31.7 Å². The first-order valence-electron chi connectivity index (χ1n) is 11.3. The van der Waals surface area contributed by atoms with Crippen LogP contribution in [0.3, 0.4) is 0 Å². The maximum Gasteiger partial charge on any atom is 0.220 e. The number of hydrogen-bond donors (Lipinski definition) is 3. The molecule has 0 aliphatic carbocycles. The van der Waals surface area contributed by atoms with E-state index in [0.717, 1.165) is 33.7 Å². The summed E-state index contributed by atoms with van der Waals surface area (Å²) < 4.78 is 7.93. The van der Waals surface area contributed by atoms with Crippen LogP contribution in [0.5, 0.6) is 11.5 Å². The minimum Gasteiger partial charge on any atom is -0.457 e. The molecule has 176 valence electrons. The highest BCUT2D eigenvalue weighted by Crippen LogP contribution is 2.34. The number of para-hydroxylation sites is 1. The molecule has 8 heteroatoms. The minimum absolute atomic E-state index is 0.0154. The number of nitrogens with zero attached hydrogens (tertiary/aromatic N) is 3. The first kappa shape index (κ1) is 23.3. The van der Waals surface area contributed by atoms with Crippen LogP contribution in [0.1, 0.15) is 26.7 Å². The lowest BCUT2D eigenvalue weighted by atomic mass is 10.1. The van der Waals surface area contributed by atoms with Gasteiger partial charge in [0.1, 0.15) is 29.3 Å². The first-order valence-corrected chi connectivity index (χ1v) is 11.3. The third kappa shape index (κ3) is 5.71. The molecule has 1 amide bonds. The number of carbonyl (C=O) groups excluding carboxylic acids is 1. The van der Waals surface area contributed by atoms with Crippen LogP contribution in [0.15, 0.2) is 67.1 Å². The largest absolute Gasteiger partial charge is 0.457 e. The van der Waals surface area contributed by atoms with Crippen molar-refractivity contribution in [2.75, 3.05) is 12.3 Å². The van der Waals surface area contributed by atoms with E-state index in [4.69, 9.17) is 16.2 Å². The van der Waals surface area contributed by atoms with Gasteiger partial charge in [0, 0.05) is 36.8 Å². The molecule has 0 aliphatic heterocycles. The monoisotopic (exact) mass is 458 g/mol. The van der Waals surface area contributed by atoms with Gasteiger partial charge in [-0.15, -0.1) is 0 Å². The van der Waals surface area contributed by atoms with Crippen LogP contribution in [-0.4, -0.2) is 32.5 Å². The van der Waals surface area contributed by atoms with E-state index < -0.39 is 5.54 Å². The molecule has 0 atom stereocenters. The average Bonchev–Trinajstić information content (AvgIpc) is 3.18. The summed E-state index contributed by atoms with van der Waals surface area (Å²) >= 11 is 0. The summed E-state index contributed by atoms with van der Waals surface area (Å²) in [5, 5.41) is 3.68. The number of nitrogen functional groups attached to an aromatic ring is 1. The van der Waals surface area contributed by atoms with Crippen molar-refractivity contribution in [1.82, 2.24) is 19.9 Å². The second-order valence-corrected chi connectivity index (χ2v) is 9.00. The molecule has 8 nitrogen and oxygen atoms in total. The summed E-state index contributed by atoms with van der Waals surface area (Å²) in [5.41, 5.74) is 14.4. The van der Waals surface area contributed by atoms with Crippen molar-refractivity contribution in [3.63, 3.8) is 0 Å². The summed E-state index contributed by atoms with van der Waals surface area (Å²) in [5.74, 6) is 1.93. The number of anilines is 1. The highest BCUT2D eigenvalue weighted by Gasteiger charge is 2.16. The van der Waals surface area contributed by atoms with Crippen molar-refractivity contribution >= 4 is 22.8 Å². The summed E-state index contributed by atoms with van der Waals surface area (Å²) in [6, 6.07) is 17.5. The molecule has 0 aliphatic rings. The zero-order valence-electron chi connectivity index (χ0n) is 19.5. The predicted molar refractivity (Wildman–Crippen MR) is 134 cm³/mol. The van der Waals surface area contributed by atoms with Crippen LogP contribution in [0.2, 0.25) is 0 Å². The van der Waals surface area contributed by atoms with E-state index in [-0.39, 0.29) is 5.91 Å². The normalized spacial score (nSPS) is 11.5. The Morgan fingerprint density at radius 1 is 1.06 bits per heavy atom. The van der Waals surface area contributed by atoms with Gasteiger partial charge in [0.25, 0.3) is 0 Å². The van der Waals surface area contributed by atoms with Gasteiger partial charge in [0.15, 0.2) is 0 Å². The molecule has 0 saturated carbocycles. The van der Waals surface area contributed by atoms with Gasteiger partial charge in [-0.1, -0.05) is 30.3 Å². The van der Waals surface area contributed by atoms with Gasteiger partial charge in [0.05, 0.1) is 5.39 Å². The lowest BCUT2D eigenvalue weighted by Gasteiger charge is -2.18. The Morgan fingerprint density at radius 2 is 1.76 bits per heavy atom. The van der Waals surface area contributed by atoms with Gasteiger partial charge in [-0.05, 0) is 50.1 Å². The number of aromatic nitrogens is 3. The second kappa shape index (κ2) is 9.93. The van der Waals surface area contributed by atoms with E-state index >= 15 is 0 Å². The van der Waals surface area contributed by atoms with Crippen molar-refractivity contribution in [1.29, 1.82) is 0 Å². The number of rotatable bonds is 9. The van der Waals surface area contributed by atoms with Crippen molar-refractivity contribution in [3.8, 4) is 22.6 Å². The predicted octanol–water partition coefficient (Wildman–Crippen LogP) is 4.11. The molecule has 0 radical (unpaired) electrons. The smallest absolute Gasteiger partial charge is 0.220 e. The molecule has 4 rings (SSSR count). The first-order chi connectivity index (χ1) is 16.3. The average molecular weight is 459 g/mol. The zero-order chi connectivity index (χ0) is 24.1. The molecule has 0 bridgehead atoms. The van der Waals surface area contributed by atoms with Crippen LogP contribution in [0.25, 0.3) is 22.2 Å². The Balaban J connectivity index is 1.51. The standard InChI is InChI=1S/C26H30N6O2/c1-26(2,28)16-29-22(33)9-6-14-32-15-21(23-24(27)30-17-31-25(23)32)18-10-12-20(13-11-18)34-19-7-4-3-5-8-19/h3-5,7-8,10-13,15,17H,6,9,14,16,28H2,1-2H3,(H,29,33)(H2,27,30,31). The molecule has 0 spiro atoms. The molecule has 4 aromatic rings. The maximum absolute atomic E-state index is 12.2. The van der Waals surface area contributed by atoms with E-state index in [9.17, 15) is 4.79 Å². The molecule has 0 unspecified atom stereocenters. The quantitative estimate of drug-likeness (QED) is 0.347. The highest BCUT2D eigenvalue weighted by molar-refractivity contribution is 6.00. The number of amides is 1. The number of carbonyl (C=O) groups is 1. The van der Waals surface area contributed by atoms with E-state index in [1.54, 1.807) is 0 Å². The number of nitrogens with two attached hydrogens (primary N) is 2. The summed E-state index contributed by atoms with van der Waals surface area (Å²) in [4.78, 5) is 20.8. The molecular formula is C26H30N6O2.